The van der Waals surface area contributed by atoms with Crippen LogP contribution in [0.4, 0.5) is 0 Å². The van der Waals surface area contributed by atoms with Crippen molar-refractivity contribution in [3.05, 3.63) is 64.2 Å². The van der Waals surface area contributed by atoms with E-state index in [0.29, 0.717) is 21.7 Å². The second-order valence-electron chi connectivity index (χ2n) is 6.10. The average Bonchev–Trinajstić information content (AvgIpc) is 3.41. The highest BCUT2D eigenvalue weighted by atomic mass is 32.2. The third-order valence-electron chi connectivity index (χ3n) is 4.26. The third-order valence-corrected chi connectivity index (χ3v) is 6.88. The van der Waals surface area contributed by atoms with Crippen LogP contribution in [0.2, 0.25) is 0 Å². The van der Waals surface area contributed by atoms with Gasteiger partial charge in [0.25, 0.3) is 0 Å². The molecule has 0 spiro atoms. The van der Waals surface area contributed by atoms with Crippen LogP contribution in [0, 0.1) is 0 Å². The molecule has 1 atom stereocenters. The number of aryl methyl sites for hydroxylation is 1. The summed E-state index contributed by atoms with van der Waals surface area (Å²) in [7, 11) is -2.38. The number of nitrogens with zero attached hydrogens (tertiary/aromatic N) is 1. The van der Waals surface area contributed by atoms with Crippen molar-refractivity contribution in [1.82, 2.24) is 9.29 Å². The Labute approximate surface area is 163 Å². The highest BCUT2D eigenvalue weighted by Crippen LogP contribution is 2.31. The second-order valence-corrected chi connectivity index (χ2v) is 8.99. The molecule has 1 unspecified atom stereocenters. The molecular weight excluding hydrogens is 404 g/mol. The van der Waals surface area contributed by atoms with Gasteiger partial charge in [-0.2, -0.15) is 0 Å². The van der Waals surface area contributed by atoms with Gasteiger partial charge < -0.3 is 13.9 Å². The molecule has 28 heavy (non-hydrogen) atoms. The van der Waals surface area contributed by atoms with Crippen molar-refractivity contribution >= 4 is 32.5 Å². The van der Waals surface area contributed by atoms with Gasteiger partial charge in [0.15, 0.2) is 5.58 Å². The Hall–Kier alpha value is -2.66. The van der Waals surface area contributed by atoms with Crippen molar-refractivity contribution in [2.45, 2.75) is 11.0 Å². The van der Waals surface area contributed by atoms with Crippen LogP contribution < -0.4 is 10.5 Å². The normalized spacial score (nSPS) is 13.2. The fourth-order valence-corrected chi connectivity index (χ4v) is 4.75. The molecule has 4 aromatic rings. The lowest BCUT2D eigenvalue weighted by atomic mass is 10.3. The first-order chi connectivity index (χ1) is 13.3. The van der Waals surface area contributed by atoms with Crippen LogP contribution in [0.3, 0.4) is 0 Å². The van der Waals surface area contributed by atoms with Crippen LogP contribution in [0.5, 0.6) is 0 Å². The van der Waals surface area contributed by atoms with E-state index in [-0.39, 0.29) is 11.4 Å². The van der Waals surface area contributed by atoms with Crippen molar-refractivity contribution in [3.8, 4) is 10.6 Å². The molecule has 0 saturated carbocycles. The average molecular weight is 420 g/mol. The smallest absolute Gasteiger partial charge is 0.419 e. The lowest BCUT2D eigenvalue weighted by Gasteiger charge is -2.11. The van der Waals surface area contributed by atoms with Gasteiger partial charge in [0, 0.05) is 18.5 Å². The minimum atomic E-state index is -3.88. The number of furan rings is 1. The van der Waals surface area contributed by atoms with Gasteiger partial charge in [-0.3, -0.25) is 4.57 Å². The van der Waals surface area contributed by atoms with E-state index in [4.69, 9.17) is 8.83 Å². The summed E-state index contributed by atoms with van der Waals surface area (Å²) in [5.41, 5.74) is 0.672. The van der Waals surface area contributed by atoms with E-state index < -0.39 is 21.9 Å². The van der Waals surface area contributed by atoms with Crippen LogP contribution in [0.1, 0.15) is 11.0 Å². The van der Waals surface area contributed by atoms with Gasteiger partial charge >= 0.3 is 5.76 Å². The second kappa shape index (κ2) is 7.06. The van der Waals surface area contributed by atoms with Crippen molar-refractivity contribution in [1.29, 1.82) is 0 Å². The van der Waals surface area contributed by atoms with Gasteiger partial charge in [-0.25, -0.2) is 17.9 Å². The van der Waals surface area contributed by atoms with Gasteiger partial charge in [-0.15, -0.1) is 11.3 Å². The van der Waals surface area contributed by atoms with Gasteiger partial charge in [0.2, 0.25) is 10.0 Å². The lowest BCUT2D eigenvalue weighted by Crippen LogP contribution is -2.28. The van der Waals surface area contributed by atoms with E-state index in [1.807, 2.05) is 12.1 Å². The van der Waals surface area contributed by atoms with Crippen molar-refractivity contribution in [3.63, 3.8) is 0 Å². The minimum Gasteiger partial charge on any atom is -0.464 e. The van der Waals surface area contributed by atoms with Crippen LogP contribution in [0.15, 0.2) is 67.3 Å². The van der Waals surface area contributed by atoms with E-state index in [9.17, 15) is 18.3 Å². The maximum Gasteiger partial charge on any atom is 0.419 e. The first-order valence-corrected chi connectivity index (χ1v) is 10.6. The molecule has 0 aliphatic rings. The standard InChI is InChI=1S/C18H16N2O6S2/c1-20-12-9-11(4-5-14(12)26-18(20)22)28(23,24)19-10-13(21)16-6-7-17(27-16)15-3-2-8-25-15/h2-9,13,19,21H,10H2,1H3. The Kier molecular flexibility index (Phi) is 4.71. The Morgan fingerprint density at radius 3 is 2.82 bits per heavy atom. The Balaban J connectivity index is 1.50. The number of fused-ring (bicyclic) bond motifs is 1. The first kappa shape index (κ1) is 18.7. The topological polar surface area (TPSA) is 115 Å². The zero-order valence-electron chi connectivity index (χ0n) is 14.7. The van der Waals surface area contributed by atoms with Crippen molar-refractivity contribution in [2.24, 2.45) is 7.05 Å². The van der Waals surface area contributed by atoms with E-state index in [0.717, 1.165) is 4.88 Å². The summed E-state index contributed by atoms with van der Waals surface area (Å²) in [4.78, 5) is 13.0. The summed E-state index contributed by atoms with van der Waals surface area (Å²) in [6.07, 6.45) is 0.553. The summed E-state index contributed by atoms with van der Waals surface area (Å²) in [6.45, 7) is -0.192. The van der Waals surface area contributed by atoms with Crippen LogP contribution in [-0.2, 0) is 17.1 Å². The molecule has 0 fully saturated rings. The number of hydrogen-bond acceptors (Lipinski definition) is 7. The summed E-state index contributed by atoms with van der Waals surface area (Å²) < 4.78 is 39.1. The molecule has 4 rings (SSSR count). The first-order valence-electron chi connectivity index (χ1n) is 8.26. The molecule has 0 saturated heterocycles. The number of aliphatic hydroxyl groups excluding tert-OH is 1. The molecule has 0 aliphatic heterocycles. The quantitative estimate of drug-likeness (QED) is 0.495. The molecule has 146 valence electrons. The predicted molar refractivity (Wildman–Crippen MR) is 104 cm³/mol. The SMILES string of the molecule is Cn1c(=O)oc2ccc(S(=O)(=O)NCC(O)c3ccc(-c4ccco4)s3)cc21. The Morgan fingerprint density at radius 2 is 2.07 bits per heavy atom. The molecule has 3 aromatic heterocycles. The van der Waals surface area contributed by atoms with Gasteiger partial charge in [0.1, 0.15) is 11.9 Å². The number of rotatable bonds is 6. The number of hydrogen-bond donors (Lipinski definition) is 2. The molecule has 3 heterocycles. The highest BCUT2D eigenvalue weighted by Gasteiger charge is 2.20. The number of thiophene rings is 1. The van der Waals surface area contributed by atoms with E-state index >= 15 is 0 Å². The van der Waals surface area contributed by atoms with Crippen LogP contribution in [0.25, 0.3) is 21.7 Å². The molecule has 0 bridgehead atoms. The maximum atomic E-state index is 12.6. The highest BCUT2D eigenvalue weighted by molar-refractivity contribution is 7.89. The number of oxazole rings is 1. The van der Waals surface area contributed by atoms with Gasteiger partial charge in [0.05, 0.1) is 21.6 Å². The fourth-order valence-electron chi connectivity index (χ4n) is 2.73. The largest absolute Gasteiger partial charge is 0.464 e. The summed E-state index contributed by atoms with van der Waals surface area (Å²) in [5, 5.41) is 10.4. The van der Waals surface area contributed by atoms with Crippen LogP contribution >= 0.6 is 11.3 Å². The summed E-state index contributed by atoms with van der Waals surface area (Å²) >= 11 is 1.32. The number of aliphatic hydroxyl groups is 1. The molecule has 8 nitrogen and oxygen atoms in total. The monoisotopic (exact) mass is 420 g/mol. The molecule has 10 heteroatoms. The fraction of sp³-hybridized carbons (Fsp3) is 0.167. The summed E-state index contributed by atoms with van der Waals surface area (Å²) in [6, 6.07) is 11.3. The number of benzene rings is 1. The van der Waals surface area contributed by atoms with E-state index in [1.54, 1.807) is 18.4 Å². The Bertz CT molecular complexity index is 1280. The maximum absolute atomic E-state index is 12.6. The van der Waals surface area contributed by atoms with E-state index in [2.05, 4.69) is 4.72 Å². The lowest BCUT2D eigenvalue weighted by molar-refractivity contribution is 0.186. The predicted octanol–water partition coefficient (Wildman–Crippen LogP) is 2.46. The zero-order chi connectivity index (χ0) is 19.9. The molecule has 0 radical (unpaired) electrons. The number of sulfonamides is 1. The molecule has 0 aliphatic carbocycles. The molecular formula is C18H16N2O6S2. The van der Waals surface area contributed by atoms with Crippen LogP contribution in [-0.4, -0.2) is 24.6 Å². The molecule has 0 amide bonds. The Morgan fingerprint density at radius 1 is 1.25 bits per heavy atom. The molecule has 2 N–H and O–H groups in total. The zero-order valence-corrected chi connectivity index (χ0v) is 16.3. The van der Waals surface area contributed by atoms with Gasteiger partial charge in [-0.05, 0) is 42.5 Å². The van der Waals surface area contributed by atoms with Crippen molar-refractivity contribution < 1.29 is 22.4 Å². The van der Waals surface area contributed by atoms with E-state index in [1.165, 1.54) is 41.2 Å². The third kappa shape index (κ3) is 3.42. The number of aromatic nitrogens is 1. The van der Waals surface area contributed by atoms with Gasteiger partial charge in [-0.1, -0.05) is 0 Å². The molecule has 1 aromatic carbocycles. The minimum absolute atomic E-state index is 0.0222. The summed E-state index contributed by atoms with van der Waals surface area (Å²) in [5.74, 6) is 0.112. The number of nitrogens with one attached hydrogen (secondary N) is 1. The van der Waals surface area contributed by atoms with Crippen molar-refractivity contribution in [2.75, 3.05) is 6.54 Å².